The van der Waals surface area contributed by atoms with Crippen LogP contribution in [0.2, 0.25) is 0 Å². The Morgan fingerprint density at radius 1 is 1.10 bits per heavy atom. The number of hydrogen-bond donors (Lipinski definition) is 1. The smallest absolute Gasteiger partial charge is 0.239 e. The number of sulfonamides is 1. The van der Waals surface area contributed by atoms with Gasteiger partial charge in [0.05, 0.1) is 11.4 Å². The van der Waals surface area contributed by atoms with Crippen molar-refractivity contribution in [1.82, 2.24) is 0 Å². The lowest BCUT2D eigenvalue weighted by Gasteiger charge is -2.21. The standard InChI is InChI=1S/C16H20N2O2S/c1-12-7-8-16(13(2)9-12)18(3)21(19,20)11-14-5-4-6-15(17)10-14/h4-10H,11,17H2,1-3H3. The normalized spacial score (nSPS) is 11.4. The summed E-state index contributed by atoms with van der Waals surface area (Å²) in [4.78, 5) is 0. The molecule has 2 aromatic carbocycles. The molecule has 0 heterocycles. The van der Waals surface area contributed by atoms with Gasteiger partial charge in [-0.05, 0) is 43.2 Å². The molecule has 0 amide bonds. The first-order valence-electron chi connectivity index (χ1n) is 6.68. The van der Waals surface area contributed by atoms with E-state index >= 15 is 0 Å². The third kappa shape index (κ3) is 3.55. The summed E-state index contributed by atoms with van der Waals surface area (Å²) in [5.41, 5.74) is 9.70. The summed E-state index contributed by atoms with van der Waals surface area (Å²) >= 11 is 0. The Hall–Kier alpha value is -2.01. The predicted molar refractivity (Wildman–Crippen MR) is 87.8 cm³/mol. The van der Waals surface area contributed by atoms with E-state index in [1.807, 2.05) is 32.0 Å². The Morgan fingerprint density at radius 3 is 2.43 bits per heavy atom. The Labute approximate surface area is 126 Å². The summed E-state index contributed by atoms with van der Waals surface area (Å²) < 4.78 is 26.4. The maximum Gasteiger partial charge on any atom is 0.239 e. The van der Waals surface area contributed by atoms with E-state index in [2.05, 4.69) is 0 Å². The molecule has 2 rings (SSSR count). The minimum absolute atomic E-state index is 0.0676. The lowest BCUT2D eigenvalue weighted by atomic mass is 10.1. The topological polar surface area (TPSA) is 63.4 Å². The van der Waals surface area contributed by atoms with Crippen molar-refractivity contribution in [3.8, 4) is 0 Å². The van der Waals surface area contributed by atoms with Crippen LogP contribution in [0.4, 0.5) is 11.4 Å². The van der Waals surface area contributed by atoms with Crippen molar-refractivity contribution in [1.29, 1.82) is 0 Å². The maximum absolute atomic E-state index is 12.5. The van der Waals surface area contributed by atoms with Gasteiger partial charge in [-0.1, -0.05) is 29.8 Å². The third-order valence-electron chi connectivity index (χ3n) is 3.41. The Balaban J connectivity index is 2.30. The second-order valence-electron chi connectivity index (χ2n) is 5.26. The fourth-order valence-corrected chi connectivity index (χ4v) is 3.60. The van der Waals surface area contributed by atoms with Crippen LogP contribution in [0.5, 0.6) is 0 Å². The SMILES string of the molecule is Cc1ccc(N(C)S(=O)(=O)Cc2cccc(N)c2)c(C)c1. The molecule has 0 atom stereocenters. The highest BCUT2D eigenvalue weighted by molar-refractivity contribution is 7.92. The number of rotatable bonds is 4. The molecule has 112 valence electrons. The summed E-state index contributed by atoms with van der Waals surface area (Å²) in [6, 6.07) is 12.7. The highest BCUT2D eigenvalue weighted by Crippen LogP contribution is 2.24. The molecule has 0 saturated carbocycles. The molecule has 0 fully saturated rings. The second-order valence-corrected chi connectivity index (χ2v) is 7.26. The minimum atomic E-state index is -3.44. The van der Waals surface area contributed by atoms with Gasteiger partial charge in [-0.3, -0.25) is 4.31 Å². The number of hydrogen-bond acceptors (Lipinski definition) is 3. The van der Waals surface area contributed by atoms with Gasteiger partial charge in [0.1, 0.15) is 0 Å². The predicted octanol–water partition coefficient (Wildman–Crippen LogP) is 2.85. The van der Waals surface area contributed by atoms with Crippen LogP contribution < -0.4 is 10.0 Å². The van der Waals surface area contributed by atoms with E-state index in [1.54, 1.807) is 31.3 Å². The average Bonchev–Trinajstić information content (AvgIpc) is 2.37. The summed E-state index contributed by atoms with van der Waals surface area (Å²) in [5.74, 6) is -0.0676. The van der Waals surface area contributed by atoms with Gasteiger partial charge in [-0.15, -0.1) is 0 Å². The van der Waals surface area contributed by atoms with Gasteiger partial charge in [0.2, 0.25) is 10.0 Å². The highest BCUT2D eigenvalue weighted by atomic mass is 32.2. The first kappa shape index (κ1) is 15.4. The monoisotopic (exact) mass is 304 g/mol. The van der Waals surface area contributed by atoms with E-state index < -0.39 is 10.0 Å². The largest absolute Gasteiger partial charge is 0.399 e. The number of benzene rings is 2. The zero-order valence-corrected chi connectivity index (χ0v) is 13.3. The molecule has 2 aromatic rings. The van der Waals surface area contributed by atoms with Crippen molar-refractivity contribution in [2.75, 3.05) is 17.1 Å². The number of nitrogens with zero attached hydrogens (tertiary/aromatic N) is 1. The van der Waals surface area contributed by atoms with Gasteiger partial charge < -0.3 is 5.73 Å². The Kier molecular flexibility index (Phi) is 4.23. The van der Waals surface area contributed by atoms with Crippen LogP contribution in [-0.4, -0.2) is 15.5 Å². The fourth-order valence-electron chi connectivity index (χ4n) is 2.30. The number of nitrogen functional groups attached to an aromatic ring is 1. The molecular weight excluding hydrogens is 284 g/mol. The molecular formula is C16H20N2O2S. The van der Waals surface area contributed by atoms with Crippen molar-refractivity contribution in [2.24, 2.45) is 0 Å². The number of aryl methyl sites for hydroxylation is 2. The summed E-state index contributed by atoms with van der Waals surface area (Å²) in [6.45, 7) is 3.90. The second kappa shape index (κ2) is 5.77. The van der Waals surface area contributed by atoms with E-state index in [0.717, 1.165) is 11.1 Å². The van der Waals surface area contributed by atoms with Gasteiger partial charge >= 0.3 is 0 Å². The molecule has 21 heavy (non-hydrogen) atoms. The maximum atomic E-state index is 12.5. The molecule has 0 aliphatic rings. The molecule has 0 spiro atoms. The molecule has 0 bridgehead atoms. The molecule has 0 aromatic heterocycles. The molecule has 4 nitrogen and oxygen atoms in total. The van der Waals surface area contributed by atoms with E-state index in [0.29, 0.717) is 16.9 Å². The number of nitrogens with two attached hydrogens (primary N) is 1. The lowest BCUT2D eigenvalue weighted by Crippen LogP contribution is -2.28. The van der Waals surface area contributed by atoms with Crippen molar-refractivity contribution in [3.05, 3.63) is 59.2 Å². The van der Waals surface area contributed by atoms with E-state index in [9.17, 15) is 8.42 Å². The van der Waals surface area contributed by atoms with Gasteiger partial charge in [0, 0.05) is 12.7 Å². The van der Waals surface area contributed by atoms with E-state index in [4.69, 9.17) is 5.73 Å². The molecule has 0 aliphatic heterocycles. The third-order valence-corrected chi connectivity index (χ3v) is 5.14. The highest BCUT2D eigenvalue weighted by Gasteiger charge is 2.20. The van der Waals surface area contributed by atoms with Gasteiger partial charge in [0.25, 0.3) is 0 Å². The van der Waals surface area contributed by atoms with Crippen molar-refractivity contribution in [2.45, 2.75) is 19.6 Å². The van der Waals surface area contributed by atoms with Crippen LogP contribution in [0, 0.1) is 13.8 Å². The van der Waals surface area contributed by atoms with Crippen molar-refractivity contribution >= 4 is 21.4 Å². The molecule has 0 radical (unpaired) electrons. The van der Waals surface area contributed by atoms with Crippen LogP contribution in [0.3, 0.4) is 0 Å². The Bertz CT molecular complexity index is 755. The summed E-state index contributed by atoms with van der Waals surface area (Å²) in [5, 5.41) is 0. The zero-order chi connectivity index (χ0) is 15.6. The van der Waals surface area contributed by atoms with Crippen LogP contribution in [-0.2, 0) is 15.8 Å². The van der Waals surface area contributed by atoms with E-state index in [1.165, 1.54) is 4.31 Å². The van der Waals surface area contributed by atoms with Crippen LogP contribution in [0.1, 0.15) is 16.7 Å². The first-order valence-corrected chi connectivity index (χ1v) is 8.29. The van der Waals surface area contributed by atoms with Crippen LogP contribution >= 0.6 is 0 Å². The fraction of sp³-hybridized carbons (Fsp3) is 0.250. The Morgan fingerprint density at radius 2 is 1.81 bits per heavy atom. The molecule has 2 N–H and O–H groups in total. The van der Waals surface area contributed by atoms with Gasteiger partial charge in [-0.25, -0.2) is 8.42 Å². The van der Waals surface area contributed by atoms with E-state index in [-0.39, 0.29) is 5.75 Å². The van der Waals surface area contributed by atoms with Crippen LogP contribution in [0.25, 0.3) is 0 Å². The molecule has 0 aliphatic carbocycles. The number of anilines is 2. The quantitative estimate of drug-likeness (QED) is 0.883. The van der Waals surface area contributed by atoms with Gasteiger partial charge in [-0.2, -0.15) is 0 Å². The lowest BCUT2D eigenvalue weighted by molar-refractivity contribution is 0.593. The zero-order valence-electron chi connectivity index (χ0n) is 12.5. The van der Waals surface area contributed by atoms with Gasteiger partial charge in [0.15, 0.2) is 0 Å². The summed E-state index contributed by atoms with van der Waals surface area (Å²) in [7, 11) is -1.86. The average molecular weight is 304 g/mol. The van der Waals surface area contributed by atoms with Crippen molar-refractivity contribution < 1.29 is 8.42 Å². The molecule has 0 unspecified atom stereocenters. The first-order chi connectivity index (χ1) is 9.79. The minimum Gasteiger partial charge on any atom is -0.399 e. The summed E-state index contributed by atoms with van der Waals surface area (Å²) in [6.07, 6.45) is 0. The molecule has 5 heteroatoms. The molecule has 0 saturated heterocycles. The van der Waals surface area contributed by atoms with Crippen LogP contribution in [0.15, 0.2) is 42.5 Å². The van der Waals surface area contributed by atoms with Crippen molar-refractivity contribution in [3.63, 3.8) is 0 Å².